The lowest BCUT2D eigenvalue weighted by Crippen LogP contribution is -2.43. The van der Waals surface area contributed by atoms with Crippen molar-refractivity contribution >= 4 is 23.1 Å². The number of ketones is 1. The van der Waals surface area contributed by atoms with E-state index in [1.807, 2.05) is 53.4 Å². The molecule has 0 fully saturated rings. The quantitative estimate of drug-likeness (QED) is 0.399. The first-order chi connectivity index (χ1) is 14.8. The first kappa shape index (κ1) is 20.9. The van der Waals surface area contributed by atoms with Gasteiger partial charge in [0.25, 0.3) is 5.91 Å². The Morgan fingerprint density at radius 3 is 2.58 bits per heavy atom. The molecule has 1 amide bonds. The fourth-order valence-electron chi connectivity index (χ4n) is 4.56. The highest BCUT2D eigenvalue weighted by Crippen LogP contribution is 2.48. The molecule has 4 N–H and O–H groups in total. The zero-order chi connectivity index (χ0) is 22.2. The Hall–Kier alpha value is -3.32. The van der Waals surface area contributed by atoms with Crippen LogP contribution in [0.25, 0.3) is 0 Å². The number of nitrogens with one attached hydrogen (secondary N) is 2. The maximum atomic E-state index is 13.5. The Kier molecular flexibility index (Phi) is 5.45. The fourth-order valence-corrected chi connectivity index (χ4v) is 4.56. The van der Waals surface area contributed by atoms with Gasteiger partial charge in [-0.25, -0.2) is 5.84 Å². The summed E-state index contributed by atoms with van der Waals surface area (Å²) in [5, 5.41) is 3.52. The van der Waals surface area contributed by atoms with Crippen molar-refractivity contribution in [3.63, 3.8) is 0 Å². The highest BCUT2D eigenvalue weighted by Gasteiger charge is 2.41. The average Bonchev–Trinajstić information content (AvgIpc) is 2.87. The molecule has 2 aromatic carbocycles. The van der Waals surface area contributed by atoms with Gasteiger partial charge < -0.3 is 15.0 Å². The number of anilines is 2. The van der Waals surface area contributed by atoms with Crippen LogP contribution >= 0.6 is 0 Å². The molecule has 0 saturated heterocycles. The number of ether oxygens (including phenoxy) is 1. The number of carbonyl (C=O) groups is 2. The minimum atomic E-state index is -0.432. The number of para-hydroxylation sites is 2. The highest BCUT2D eigenvalue weighted by molar-refractivity contribution is 6.01. The van der Waals surface area contributed by atoms with Crippen LogP contribution in [0.3, 0.4) is 0 Å². The van der Waals surface area contributed by atoms with Crippen molar-refractivity contribution < 1.29 is 14.3 Å². The molecule has 2 aliphatic rings. The van der Waals surface area contributed by atoms with Gasteiger partial charge in [0.15, 0.2) is 5.78 Å². The van der Waals surface area contributed by atoms with Gasteiger partial charge in [0, 0.05) is 17.7 Å². The molecule has 0 aromatic heterocycles. The average molecular weight is 421 g/mol. The second kappa shape index (κ2) is 8.07. The van der Waals surface area contributed by atoms with Crippen molar-refractivity contribution in [2.75, 3.05) is 23.9 Å². The number of hydrazine groups is 1. The number of hydrogen-bond acceptors (Lipinski definition) is 6. The van der Waals surface area contributed by atoms with E-state index >= 15 is 0 Å². The van der Waals surface area contributed by atoms with Crippen molar-refractivity contribution in [3.05, 3.63) is 65.4 Å². The van der Waals surface area contributed by atoms with Crippen LogP contribution in [0.1, 0.15) is 38.3 Å². The first-order valence-electron chi connectivity index (χ1n) is 10.4. The van der Waals surface area contributed by atoms with Gasteiger partial charge in [-0.05, 0) is 41.7 Å². The number of carbonyl (C=O) groups excluding carboxylic acids is 2. The van der Waals surface area contributed by atoms with Gasteiger partial charge >= 0.3 is 0 Å². The molecule has 0 unspecified atom stereocenters. The lowest BCUT2D eigenvalue weighted by Gasteiger charge is -2.37. The summed E-state index contributed by atoms with van der Waals surface area (Å²) >= 11 is 0. The van der Waals surface area contributed by atoms with E-state index in [2.05, 4.69) is 24.6 Å². The zero-order valence-corrected chi connectivity index (χ0v) is 18.1. The van der Waals surface area contributed by atoms with Crippen LogP contribution in [-0.2, 0) is 9.59 Å². The first-order valence-corrected chi connectivity index (χ1v) is 10.4. The Labute approximate surface area is 182 Å². The van der Waals surface area contributed by atoms with Crippen LogP contribution in [0.2, 0.25) is 0 Å². The molecule has 1 heterocycles. The van der Waals surface area contributed by atoms with E-state index in [0.717, 1.165) is 34.8 Å². The normalized spacial score (nSPS) is 19.7. The fraction of sp³-hybridized carbons (Fsp3) is 0.333. The summed E-state index contributed by atoms with van der Waals surface area (Å²) in [6, 6.07) is 15.0. The molecule has 1 aliphatic heterocycles. The Bertz CT molecular complexity index is 1040. The third kappa shape index (κ3) is 4.01. The van der Waals surface area contributed by atoms with Crippen molar-refractivity contribution in [1.82, 2.24) is 5.43 Å². The predicted octanol–water partition coefficient (Wildman–Crippen LogP) is 3.30. The summed E-state index contributed by atoms with van der Waals surface area (Å²) in [4.78, 5) is 27.8. The molecule has 1 atom stereocenters. The van der Waals surface area contributed by atoms with Gasteiger partial charge in [0.05, 0.1) is 31.1 Å². The van der Waals surface area contributed by atoms with Crippen LogP contribution in [0, 0.1) is 5.41 Å². The third-order valence-corrected chi connectivity index (χ3v) is 5.91. The Balaban J connectivity index is 1.95. The summed E-state index contributed by atoms with van der Waals surface area (Å²) < 4.78 is 5.32. The molecule has 0 bridgehead atoms. The number of allylic oxidation sites excluding steroid dienone is 1. The van der Waals surface area contributed by atoms with Crippen molar-refractivity contribution in [3.8, 4) is 5.75 Å². The second-order valence-electron chi connectivity index (χ2n) is 8.85. The molecule has 1 aliphatic carbocycles. The predicted molar refractivity (Wildman–Crippen MR) is 121 cm³/mol. The van der Waals surface area contributed by atoms with E-state index in [0.29, 0.717) is 12.0 Å². The summed E-state index contributed by atoms with van der Waals surface area (Å²) in [5.41, 5.74) is 6.30. The van der Waals surface area contributed by atoms with E-state index in [9.17, 15) is 9.59 Å². The number of benzene rings is 2. The Morgan fingerprint density at radius 2 is 1.90 bits per heavy atom. The van der Waals surface area contributed by atoms with Crippen LogP contribution in [0.15, 0.2) is 59.8 Å². The van der Waals surface area contributed by atoms with Crippen molar-refractivity contribution in [2.24, 2.45) is 11.3 Å². The Morgan fingerprint density at radius 1 is 1.19 bits per heavy atom. The number of hydrogen-bond donors (Lipinski definition) is 3. The van der Waals surface area contributed by atoms with Gasteiger partial charge in [0.2, 0.25) is 0 Å². The lowest BCUT2D eigenvalue weighted by atomic mass is 9.73. The summed E-state index contributed by atoms with van der Waals surface area (Å²) in [5.74, 6) is 5.91. The van der Waals surface area contributed by atoms with Gasteiger partial charge in [-0.15, -0.1) is 0 Å². The van der Waals surface area contributed by atoms with E-state index in [1.54, 1.807) is 7.11 Å². The number of methoxy groups -OCH3 is 1. The molecule has 0 radical (unpaired) electrons. The molecule has 0 spiro atoms. The van der Waals surface area contributed by atoms with Crippen LogP contribution in [-0.4, -0.2) is 25.3 Å². The van der Waals surface area contributed by atoms with E-state index in [4.69, 9.17) is 10.6 Å². The molecule has 4 rings (SSSR count). The van der Waals surface area contributed by atoms with Crippen molar-refractivity contribution in [2.45, 2.75) is 32.7 Å². The lowest BCUT2D eigenvalue weighted by molar-refractivity contribution is -0.120. The minimum absolute atomic E-state index is 0.0132. The highest BCUT2D eigenvalue weighted by atomic mass is 16.5. The largest absolute Gasteiger partial charge is 0.497 e. The monoisotopic (exact) mass is 420 g/mol. The number of nitrogens with two attached hydrogens (primary N) is 1. The smallest absolute Gasteiger partial charge is 0.253 e. The summed E-state index contributed by atoms with van der Waals surface area (Å²) in [6.45, 7) is 4.23. The standard InChI is InChI=1S/C24H28N4O3/c1-24(2)12-18-22(20(29)13-24)23(15-8-10-16(31-3)11-9-15)28(14-21(30)27-25)19-7-5-4-6-17(19)26-18/h4-11,23,26H,12-14,25H2,1-3H3,(H,27,30)/t23-/m0/s1. The number of rotatable bonds is 4. The second-order valence-corrected chi connectivity index (χ2v) is 8.85. The molecule has 162 valence electrons. The molecule has 0 saturated carbocycles. The van der Waals surface area contributed by atoms with Crippen LogP contribution < -0.4 is 26.2 Å². The molecule has 2 aromatic rings. The van der Waals surface area contributed by atoms with Crippen LogP contribution in [0.4, 0.5) is 11.4 Å². The minimum Gasteiger partial charge on any atom is -0.497 e. The number of Topliss-reactive ketones (excluding diaryl/α,β-unsaturated/α-hetero) is 1. The van der Waals surface area contributed by atoms with E-state index < -0.39 is 6.04 Å². The van der Waals surface area contributed by atoms with E-state index in [1.165, 1.54) is 0 Å². The third-order valence-electron chi connectivity index (χ3n) is 5.91. The zero-order valence-electron chi connectivity index (χ0n) is 18.1. The topological polar surface area (TPSA) is 96.7 Å². The number of nitrogens with zero attached hydrogens (tertiary/aromatic N) is 1. The van der Waals surface area contributed by atoms with Gasteiger partial charge in [-0.3, -0.25) is 15.0 Å². The van der Waals surface area contributed by atoms with Gasteiger partial charge in [-0.1, -0.05) is 38.1 Å². The molecular formula is C24H28N4O3. The number of amides is 1. The summed E-state index contributed by atoms with van der Waals surface area (Å²) in [7, 11) is 1.62. The number of fused-ring (bicyclic) bond motifs is 1. The van der Waals surface area contributed by atoms with Crippen LogP contribution in [0.5, 0.6) is 5.75 Å². The molecule has 7 nitrogen and oxygen atoms in total. The SMILES string of the molecule is COc1ccc([C@H]2C3=C(CC(C)(C)CC3=O)Nc3ccccc3N2CC(=O)NN)cc1. The maximum absolute atomic E-state index is 13.5. The van der Waals surface area contributed by atoms with Gasteiger partial charge in [-0.2, -0.15) is 0 Å². The molecular weight excluding hydrogens is 392 g/mol. The van der Waals surface area contributed by atoms with Crippen molar-refractivity contribution in [1.29, 1.82) is 0 Å². The molecule has 7 heteroatoms. The summed E-state index contributed by atoms with van der Waals surface area (Å²) in [6.07, 6.45) is 1.19. The van der Waals surface area contributed by atoms with E-state index in [-0.39, 0.29) is 23.7 Å². The van der Waals surface area contributed by atoms with Gasteiger partial charge in [0.1, 0.15) is 5.75 Å². The maximum Gasteiger partial charge on any atom is 0.253 e. The molecule has 31 heavy (non-hydrogen) atoms.